The van der Waals surface area contributed by atoms with Crippen LogP contribution in [-0.2, 0) is 11.4 Å². The number of thiazole rings is 1. The second kappa shape index (κ2) is 11.8. The maximum Gasteiger partial charge on any atom is 0.446 e. The molecule has 0 saturated carbocycles. The fraction of sp³-hybridized carbons (Fsp3) is 0.185. The van der Waals surface area contributed by atoms with Crippen molar-refractivity contribution in [2.45, 2.75) is 23.9 Å². The Bertz CT molecular complexity index is 1440. The third-order valence-electron chi connectivity index (χ3n) is 5.20. The molecule has 1 heterocycles. The first-order valence-electron chi connectivity index (χ1n) is 11.2. The number of alkyl halides is 3. The molecule has 0 saturated heterocycles. The van der Waals surface area contributed by atoms with Crippen molar-refractivity contribution < 1.29 is 37.3 Å². The van der Waals surface area contributed by atoms with E-state index in [1.807, 2.05) is 18.2 Å². The van der Waals surface area contributed by atoms with Gasteiger partial charge >= 0.3 is 11.5 Å². The van der Waals surface area contributed by atoms with Crippen molar-refractivity contribution in [2.75, 3.05) is 13.7 Å². The smallest absolute Gasteiger partial charge is 0.446 e. The Balaban J connectivity index is 1.63. The minimum atomic E-state index is -4.40. The van der Waals surface area contributed by atoms with Gasteiger partial charge in [0, 0.05) is 10.5 Å². The van der Waals surface area contributed by atoms with Crippen LogP contribution in [0, 0.1) is 6.92 Å². The van der Waals surface area contributed by atoms with Crippen LogP contribution in [0.15, 0.2) is 71.6 Å². The van der Waals surface area contributed by atoms with Gasteiger partial charge in [-0.3, -0.25) is 0 Å². The van der Waals surface area contributed by atoms with Crippen LogP contribution in [0.25, 0.3) is 21.7 Å². The Kier molecular flexibility index (Phi) is 8.48. The summed E-state index contributed by atoms with van der Waals surface area (Å²) in [5.74, 6) is 0.529. The zero-order valence-corrected chi connectivity index (χ0v) is 21.9. The Labute approximate surface area is 225 Å². The van der Waals surface area contributed by atoms with E-state index in [4.69, 9.17) is 24.3 Å². The van der Waals surface area contributed by atoms with Crippen LogP contribution in [-0.4, -0.2) is 35.3 Å². The summed E-state index contributed by atoms with van der Waals surface area (Å²) in [6, 6.07) is 18.6. The van der Waals surface area contributed by atoms with Crippen LogP contribution in [0.5, 0.6) is 17.2 Å². The monoisotopic (exact) mass is 561 g/mol. The maximum atomic E-state index is 13.0. The van der Waals surface area contributed by atoms with Crippen molar-refractivity contribution >= 4 is 29.1 Å². The molecule has 1 aromatic heterocycles. The van der Waals surface area contributed by atoms with Gasteiger partial charge in [-0.1, -0.05) is 24.3 Å². The fourth-order valence-corrected chi connectivity index (χ4v) is 5.18. The number of nitrogens with zero attached hydrogens (tertiary/aromatic N) is 1. The molecule has 1 N–H and O–H groups in total. The lowest BCUT2D eigenvalue weighted by molar-refractivity contribution is -0.139. The number of rotatable bonds is 10. The van der Waals surface area contributed by atoms with Crippen LogP contribution in [0.3, 0.4) is 0 Å². The molecule has 0 unspecified atom stereocenters. The van der Waals surface area contributed by atoms with Crippen LogP contribution in [0.4, 0.5) is 13.2 Å². The molecule has 4 aromatic rings. The summed E-state index contributed by atoms with van der Waals surface area (Å²) in [6.45, 7) is 1.45. The molecule has 0 aliphatic rings. The third-order valence-corrected chi connectivity index (χ3v) is 7.00. The highest BCUT2D eigenvalue weighted by Crippen LogP contribution is 2.42. The van der Waals surface area contributed by atoms with Crippen LogP contribution in [0.2, 0.25) is 0 Å². The van der Waals surface area contributed by atoms with Crippen molar-refractivity contribution in [2.24, 2.45) is 0 Å². The summed E-state index contributed by atoms with van der Waals surface area (Å²) in [6.07, 6.45) is 0. The van der Waals surface area contributed by atoms with Gasteiger partial charge in [0.25, 0.3) is 0 Å². The molecule has 11 heteroatoms. The van der Waals surface area contributed by atoms with Gasteiger partial charge in [-0.25, -0.2) is 9.78 Å². The highest BCUT2D eigenvalue weighted by Gasteiger charge is 2.29. The maximum absolute atomic E-state index is 13.0. The standard InChI is InChI=1S/C27H22F3NO5S2/c1-16-11-20(9-10-22(16)36-15-24(32)33)35-14-23-31-25(17-5-3-7-19(12-17)34-2)26(37-23)18-6-4-8-21(13-18)38-27(28,29)30/h3-13H,14-15H2,1-2H3,(H,32,33). The van der Waals surface area contributed by atoms with Crippen molar-refractivity contribution in [3.63, 3.8) is 0 Å². The quantitative estimate of drug-likeness (QED) is 0.202. The zero-order chi connectivity index (χ0) is 27.3. The van der Waals surface area contributed by atoms with Gasteiger partial charge in [0.05, 0.1) is 17.7 Å². The second-order valence-electron chi connectivity index (χ2n) is 7.99. The van der Waals surface area contributed by atoms with E-state index >= 15 is 0 Å². The van der Waals surface area contributed by atoms with E-state index in [-0.39, 0.29) is 23.3 Å². The number of hydrogen-bond donors (Lipinski definition) is 1. The molecule has 0 radical (unpaired) electrons. The summed E-state index contributed by atoms with van der Waals surface area (Å²) in [5.41, 5.74) is -1.72. The Hall–Kier alpha value is -3.70. The molecule has 0 bridgehead atoms. The Morgan fingerprint density at radius 1 is 1.00 bits per heavy atom. The number of carbonyl (C=O) groups is 1. The lowest BCUT2D eigenvalue weighted by atomic mass is 10.1. The molecule has 6 nitrogen and oxygen atoms in total. The average Bonchev–Trinajstić information content (AvgIpc) is 3.30. The number of hydrogen-bond acceptors (Lipinski definition) is 7. The van der Waals surface area contributed by atoms with E-state index in [2.05, 4.69) is 0 Å². The molecule has 0 aliphatic carbocycles. The van der Waals surface area contributed by atoms with Crippen molar-refractivity contribution in [3.8, 4) is 38.9 Å². The average molecular weight is 562 g/mol. The number of methoxy groups -OCH3 is 1. The van der Waals surface area contributed by atoms with E-state index in [0.29, 0.717) is 44.0 Å². The van der Waals surface area contributed by atoms with Gasteiger partial charge in [-0.15, -0.1) is 11.3 Å². The SMILES string of the molecule is COc1cccc(-c2nc(COc3ccc(OCC(=O)O)c(C)c3)sc2-c2cccc(SC(F)(F)F)c2)c1. The highest BCUT2D eigenvalue weighted by atomic mass is 32.2. The third kappa shape index (κ3) is 7.20. The number of carboxylic acids is 1. The number of aryl methyl sites for hydroxylation is 1. The molecule has 0 spiro atoms. The van der Waals surface area contributed by atoms with Crippen LogP contribution in [0.1, 0.15) is 10.6 Å². The van der Waals surface area contributed by atoms with E-state index in [1.54, 1.807) is 50.4 Å². The number of halogens is 3. The molecule has 0 atom stereocenters. The number of ether oxygens (including phenoxy) is 3. The van der Waals surface area contributed by atoms with E-state index < -0.39 is 18.1 Å². The predicted molar refractivity (Wildman–Crippen MR) is 140 cm³/mol. The van der Waals surface area contributed by atoms with Gasteiger partial charge < -0.3 is 19.3 Å². The van der Waals surface area contributed by atoms with Crippen LogP contribution < -0.4 is 14.2 Å². The first kappa shape index (κ1) is 27.3. The lowest BCUT2D eigenvalue weighted by Gasteiger charge is -2.09. The predicted octanol–water partition coefficient (Wildman–Crippen LogP) is 7.45. The normalized spacial score (nSPS) is 11.3. The van der Waals surface area contributed by atoms with Gasteiger partial charge in [0.15, 0.2) is 6.61 Å². The van der Waals surface area contributed by atoms with Gasteiger partial charge in [-0.2, -0.15) is 13.2 Å². The molecule has 3 aromatic carbocycles. The Morgan fingerprint density at radius 3 is 2.47 bits per heavy atom. The number of carboxylic acid groups (broad SMARTS) is 1. The fourth-order valence-electron chi connectivity index (χ4n) is 3.58. The molecule has 0 amide bonds. The minimum Gasteiger partial charge on any atom is -0.497 e. The number of benzene rings is 3. The van der Waals surface area contributed by atoms with Crippen molar-refractivity contribution in [1.82, 2.24) is 4.98 Å². The van der Waals surface area contributed by atoms with Crippen molar-refractivity contribution in [3.05, 3.63) is 77.3 Å². The molecule has 198 valence electrons. The van der Waals surface area contributed by atoms with Gasteiger partial charge in [0.2, 0.25) is 0 Å². The number of aliphatic carboxylic acids is 1. The molecule has 38 heavy (non-hydrogen) atoms. The summed E-state index contributed by atoms with van der Waals surface area (Å²) >= 11 is 1.16. The molecular formula is C27H22F3NO5S2. The zero-order valence-electron chi connectivity index (χ0n) is 20.2. The summed E-state index contributed by atoms with van der Waals surface area (Å²) in [5, 5.41) is 9.42. The number of thioether (sulfide) groups is 1. The first-order chi connectivity index (χ1) is 18.1. The molecule has 0 aliphatic heterocycles. The van der Waals surface area contributed by atoms with Gasteiger partial charge in [-0.05, 0) is 72.3 Å². The summed E-state index contributed by atoms with van der Waals surface area (Å²) in [4.78, 5) is 16.3. The molecule has 4 rings (SSSR count). The van der Waals surface area contributed by atoms with Crippen LogP contribution >= 0.6 is 23.1 Å². The Morgan fingerprint density at radius 2 is 1.76 bits per heavy atom. The van der Waals surface area contributed by atoms with Gasteiger partial charge in [0.1, 0.15) is 28.9 Å². The molecule has 0 fully saturated rings. The topological polar surface area (TPSA) is 77.9 Å². The largest absolute Gasteiger partial charge is 0.497 e. The second-order valence-corrected chi connectivity index (χ2v) is 10.2. The number of aromatic nitrogens is 1. The minimum absolute atomic E-state index is 0.0819. The highest BCUT2D eigenvalue weighted by molar-refractivity contribution is 8.00. The molecular weight excluding hydrogens is 539 g/mol. The van der Waals surface area contributed by atoms with E-state index in [0.717, 1.165) is 5.56 Å². The van der Waals surface area contributed by atoms with Crippen molar-refractivity contribution in [1.29, 1.82) is 0 Å². The first-order valence-corrected chi connectivity index (χ1v) is 12.8. The van der Waals surface area contributed by atoms with E-state index in [9.17, 15) is 18.0 Å². The van der Waals surface area contributed by atoms with E-state index in [1.165, 1.54) is 23.5 Å². The lowest BCUT2D eigenvalue weighted by Crippen LogP contribution is -2.10. The summed E-state index contributed by atoms with van der Waals surface area (Å²) < 4.78 is 55.5. The summed E-state index contributed by atoms with van der Waals surface area (Å²) in [7, 11) is 1.55.